The predicted octanol–water partition coefficient (Wildman–Crippen LogP) is 4.50. The molecule has 0 saturated heterocycles. The van der Waals surface area contributed by atoms with Crippen LogP contribution in [-0.2, 0) is 4.79 Å². The summed E-state index contributed by atoms with van der Waals surface area (Å²) in [5, 5.41) is 18.0. The number of halogens is 1. The highest BCUT2D eigenvalue weighted by Crippen LogP contribution is 2.43. The molecule has 0 radical (unpaired) electrons. The first-order valence-electron chi connectivity index (χ1n) is 7.43. The Bertz CT molecular complexity index is 931. The van der Waals surface area contributed by atoms with E-state index in [9.17, 15) is 9.18 Å². The van der Waals surface area contributed by atoms with E-state index in [0.29, 0.717) is 16.7 Å². The molecule has 118 valence electrons. The maximum atomic E-state index is 13.6. The minimum Gasteiger partial charge on any atom is -0.481 e. The molecule has 2 aromatic rings. The Morgan fingerprint density at radius 2 is 1.92 bits per heavy atom. The molecule has 1 aliphatic rings. The molecule has 3 rings (SSSR count). The van der Waals surface area contributed by atoms with Crippen LogP contribution in [0.15, 0.2) is 48.0 Å². The Balaban J connectivity index is 2.13. The molecule has 0 aliphatic heterocycles. The van der Waals surface area contributed by atoms with E-state index in [1.54, 1.807) is 18.2 Å². The van der Waals surface area contributed by atoms with Gasteiger partial charge < -0.3 is 5.11 Å². The second-order valence-electron chi connectivity index (χ2n) is 5.66. The van der Waals surface area contributed by atoms with Crippen LogP contribution in [-0.4, -0.2) is 11.1 Å². The molecule has 0 fully saturated rings. The number of benzene rings is 2. The number of nitriles is 1. The summed E-state index contributed by atoms with van der Waals surface area (Å²) < 4.78 is 13.6. The number of carboxylic acids is 1. The van der Waals surface area contributed by atoms with Crippen LogP contribution in [0, 0.1) is 17.1 Å². The van der Waals surface area contributed by atoms with Gasteiger partial charge in [0, 0.05) is 0 Å². The third kappa shape index (κ3) is 2.84. The van der Waals surface area contributed by atoms with Gasteiger partial charge in [-0.05, 0) is 70.7 Å². The number of fused-ring (bicyclic) bond motifs is 1. The number of carboxylic acid groups (broad SMARTS) is 1. The fourth-order valence-corrected chi connectivity index (χ4v) is 2.95. The molecule has 2 aromatic carbocycles. The SMILES string of the molecule is CC1=C(CC(=O)O)c2cc(F)ccc2/C1=C\c1ccc(C#N)cc1. The number of carbonyl (C=O) groups is 1. The number of nitrogens with zero attached hydrogens (tertiary/aromatic N) is 1. The van der Waals surface area contributed by atoms with Gasteiger partial charge in [0.1, 0.15) is 5.82 Å². The summed E-state index contributed by atoms with van der Waals surface area (Å²) in [4.78, 5) is 11.2. The molecule has 0 atom stereocenters. The predicted molar refractivity (Wildman–Crippen MR) is 90.3 cm³/mol. The Kier molecular flexibility index (Phi) is 4.01. The molecule has 0 heterocycles. The number of hydrogen-bond acceptors (Lipinski definition) is 2. The highest BCUT2D eigenvalue weighted by molar-refractivity contribution is 6.07. The van der Waals surface area contributed by atoms with Crippen LogP contribution in [0.1, 0.15) is 35.6 Å². The minimum atomic E-state index is -0.945. The van der Waals surface area contributed by atoms with Gasteiger partial charge in [-0.25, -0.2) is 4.39 Å². The zero-order valence-electron chi connectivity index (χ0n) is 13.0. The van der Waals surface area contributed by atoms with Gasteiger partial charge >= 0.3 is 5.97 Å². The van der Waals surface area contributed by atoms with Gasteiger partial charge in [0.15, 0.2) is 0 Å². The van der Waals surface area contributed by atoms with Gasteiger partial charge in [0.25, 0.3) is 0 Å². The molecular formula is C20H14FNO2. The largest absolute Gasteiger partial charge is 0.481 e. The molecule has 0 spiro atoms. The van der Waals surface area contributed by atoms with Gasteiger partial charge in [-0.2, -0.15) is 5.26 Å². The Morgan fingerprint density at radius 1 is 1.21 bits per heavy atom. The second-order valence-corrected chi connectivity index (χ2v) is 5.66. The monoisotopic (exact) mass is 319 g/mol. The van der Waals surface area contributed by atoms with Crippen LogP contribution in [0.3, 0.4) is 0 Å². The average molecular weight is 319 g/mol. The third-order valence-electron chi connectivity index (χ3n) is 4.13. The summed E-state index contributed by atoms with van der Waals surface area (Å²) in [6.07, 6.45) is 1.79. The van der Waals surface area contributed by atoms with Gasteiger partial charge in [0.2, 0.25) is 0 Å². The molecule has 0 amide bonds. The Hall–Kier alpha value is -3.19. The van der Waals surface area contributed by atoms with Gasteiger partial charge in [0.05, 0.1) is 18.1 Å². The molecule has 24 heavy (non-hydrogen) atoms. The van der Waals surface area contributed by atoms with E-state index in [1.807, 2.05) is 25.1 Å². The molecular weight excluding hydrogens is 305 g/mol. The van der Waals surface area contributed by atoms with E-state index in [2.05, 4.69) is 6.07 Å². The summed E-state index contributed by atoms with van der Waals surface area (Å²) in [7, 11) is 0. The number of allylic oxidation sites excluding steroid dienone is 2. The molecule has 0 bridgehead atoms. The van der Waals surface area contributed by atoms with Crippen molar-refractivity contribution in [3.05, 3.63) is 76.1 Å². The molecule has 1 aliphatic carbocycles. The maximum Gasteiger partial charge on any atom is 0.307 e. The smallest absolute Gasteiger partial charge is 0.307 e. The quantitative estimate of drug-likeness (QED) is 0.906. The summed E-state index contributed by atoms with van der Waals surface area (Å²) in [5.74, 6) is -1.33. The van der Waals surface area contributed by atoms with Crippen molar-refractivity contribution >= 4 is 23.2 Å². The van der Waals surface area contributed by atoms with E-state index in [1.165, 1.54) is 12.1 Å². The first kappa shape index (κ1) is 15.7. The Labute approximate surface area is 139 Å². The molecule has 0 saturated carbocycles. The van der Waals surface area contributed by atoms with Crippen LogP contribution in [0.5, 0.6) is 0 Å². The summed E-state index contributed by atoms with van der Waals surface area (Å²) >= 11 is 0. The lowest BCUT2D eigenvalue weighted by Crippen LogP contribution is -1.97. The summed E-state index contributed by atoms with van der Waals surface area (Å²) in [6, 6.07) is 13.6. The first-order chi connectivity index (χ1) is 11.5. The van der Waals surface area contributed by atoms with Gasteiger partial charge in [-0.15, -0.1) is 0 Å². The summed E-state index contributed by atoms with van der Waals surface area (Å²) in [5.41, 5.74) is 5.29. The lowest BCUT2D eigenvalue weighted by atomic mass is 10.00. The van der Waals surface area contributed by atoms with Crippen molar-refractivity contribution < 1.29 is 14.3 Å². The normalized spacial score (nSPS) is 14.6. The van der Waals surface area contributed by atoms with Gasteiger partial charge in [-0.1, -0.05) is 18.2 Å². The van der Waals surface area contributed by atoms with Crippen LogP contribution in [0.4, 0.5) is 4.39 Å². The number of rotatable bonds is 3. The lowest BCUT2D eigenvalue weighted by molar-refractivity contribution is -0.135. The lowest BCUT2D eigenvalue weighted by Gasteiger charge is -2.04. The zero-order chi connectivity index (χ0) is 17.3. The highest BCUT2D eigenvalue weighted by atomic mass is 19.1. The van der Waals surface area contributed by atoms with E-state index in [-0.39, 0.29) is 12.2 Å². The topological polar surface area (TPSA) is 61.1 Å². The van der Waals surface area contributed by atoms with Gasteiger partial charge in [-0.3, -0.25) is 4.79 Å². The zero-order valence-corrected chi connectivity index (χ0v) is 13.0. The molecule has 4 heteroatoms. The fourth-order valence-electron chi connectivity index (χ4n) is 2.95. The maximum absolute atomic E-state index is 13.6. The molecule has 1 N–H and O–H groups in total. The third-order valence-corrected chi connectivity index (χ3v) is 4.13. The van der Waals surface area contributed by atoms with Crippen molar-refractivity contribution in [3.63, 3.8) is 0 Å². The van der Waals surface area contributed by atoms with Crippen LogP contribution in [0.2, 0.25) is 0 Å². The van der Waals surface area contributed by atoms with E-state index < -0.39 is 5.97 Å². The Morgan fingerprint density at radius 3 is 2.54 bits per heavy atom. The first-order valence-corrected chi connectivity index (χ1v) is 7.43. The van der Waals surface area contributed by atoms with Crippen molar-refractivity contribution in [3.8, 4) is 6.07 Å². The van der Waals surface area contributed by atoms with Crippen LogP contribution < -0.4 is 0 Å². The molecule has 0 aromatic heterocycles. The molecule has 3 nitrogen and oxygen atoms in total. The standard InChI is InChI=1S/C20H14FNO2/c1-12-17(8-13-2-4-14(11-22)5-3-13)16-7-6-15(21)9-19(16)18(12)10-20(23)24/h2-9H,10H2,1H3,(H,23,24)/b17-8-. The summed E-state index contributed by atoms with van der Waals surface area (Å²) in [6.45, 7) is 1.85. The second kappa shape index (κ2) is 6.13. The number of aliphatic carboxylic acids is 1. The number of hydrogen-bond donors (Lipinski definition) is 1. The average Bonchev–Trinajstić information content (AvgIpc) is 2.80. The van der Waals surface area contributed by atoms with Crippen molar-refractivity contribution in [1.82, 2.24) is 0 Å². The molecule has 0 unspecified atom stereocenters. The van der Waals surface area contributed by atoms with Crippen molar-refractivity contribution in [1.29, 1.82) is 5.26 Å². The van der Waals surface area contributed by atoms with Crippen LogP contribution >= 0.6 is 0 Å². The minimum absolute atomic E-state index is 0.146. The fraction of sp³-hybridized carbons (Fsp3) is 0.100. The van der Waals surface area contributed by atoms with E-state index in [0.717, 1.165) is 22.3 Å². The van der Waals surface area contributed by atoms with Crippen LogP contribution in [0.25, 0.3) is 17.2 Å². The highest BCUT2D eigenvalue weighted by Gasteiger charge is 2.25. The van der Waals surface area contributed by atoms with Crippen molar-refractivity contribution in [2.75, 3.05) is 0 Å². The van der Waals surface area contributed by atoms with Crippen molar-refractivity contribution in [2.45, 2.75) is 13.3 Å². The van der Waals surface area contributed by atoms with Crippen molar-refractivity contribution in [2.24, 2.45) is 0 Å². The van der Waals surface area contributed by atoms with E-state index >= 15 is 0 Å². The van der Waals surface area contributed by atoms with E-state index in [4.69, 9.17) is 10.4 Å².